The van der Waals surface area contributed by atoms with Gasteiger partial charge >= 0.3 is 0 Å². The molecule has 0 aliphatic rings. The maximum atomic E-state index is 3.45. The third kappa shape index (κ3) is 1.63. The summed E-state index contributed by atoms with van der Waals surface area (Å²) in [5.74, 6) is 0. The van der Waals surface area contributed by atoms with Crippen LogP contribution in [0.4, 0.5) is 0 Å². The van der Waals surface area contributed by atoms with Crippen molar-refractivity contribution in [2.75, 3.05) is 5.33 Å². The molecule has 0 atom stereocenters. The molecular weight excluding hydrogens is 226 g/mol. The summed E-state index contributed by atoms with van der Waals surface area (Å²) >= 11 is 3.45. The molecule has 2 aromatic rings. The molecule has 0 saturated carbocycles. The number of aromatic nitrogens is 1. The normalized spacial score (nSPS) is 10.9. The minimum atomic E-state index is 1.03. The predicted molar refractivity (Wildman–Crippen MR) is 60.4 cm³/mol. The van der Waals surface area contributed by atoms with Gasteiger partial charge in [-0.1, -0.05) is 28.1 Å². The second kappa shape index (κ2) is 3.54. The van der Waals surface area contributed by atoms with E-state index in [0.717, 1.165) is 11.8 Å². The Balaban J connectivity index is 2.53. The summed E-state index contributed by atoms with van der Waals surface area (Å²) in [5.41, 5.74) is 2.71. The largest absolute Gasteiger partial charge is 0.351 e. The van der Waals surface area contributed by atoms with Crippen molar-refractivity contribution in [2.45, 2.75) is 6.42 Å². The average molecular weight is 238 g/mol. The summed E-state index contributed by atoms with van der Waals surface area (Å²) in [4.78, 5) is 0. The van der Waals surface area contributed by atoms with E-state index >= 15 is 0 Å². The van der Waals surface area contributed by atoms with Crippen molar-refractivity contribution in [3.63, 3.8) is 0 Å². The van der Waals surface area contributed by atoms with Gasteiger partial charge in [0.25, 0.3) is 0 Å². The van der Waals surface area contributed by atoms with E-state index in [1.807, 2.05) is 0 Å². The summed E-state index contributed by atoms with van der Waals surface area (Å²) < 4.78 is 2.16. The summed E-state index contributed by atoms with van der Waals surface area (Å²) in [6.45, 7) is 0. The SMILES string of the molecule is Cn1ccc2ccc(CCBr)cc21. The topological polar surface area (TPSA) is 4.93 Å². The maximum Gasteiger partial charge on any atom is 0.0480 e. The summed E-state index contributed by atoms with van der Waals surface area (Å²) in [6.07, 6.45) is 3.20. The van der Waals surface area contributed by atoms with Crippen LogP contribution in [0.2, 0.25) is 0 Å². The van der Waals surface area contributed by atoms with Crippen LogP contribution < -0.4 is 0 Å². The molecule has 0 spiro atoms. The fourth-order valence-electron chi connectivity index (χ4n) is 1.57. The van der Waals surface area contributed by atoms with Crippen molar-refractivity contribution in [1.29, 1.82) is 0 Å². The van der Waals surface area contributed by atoms with Crippen LogP contribution in [0.3, 0.4) is 0 Å². The predicted octanol–water partition coefficient (Wildman–Crippen LogP) is 3.12. The third-order valence-corrected chi connectivity index (χ3v) is 2.73. The minimum absolute atomic E-state index is 1.03. The van der Waals surface area contributed by atoms with E-state index in [2.05, 4.69) is 58.0 Å². The van der Waals surface area contributed by atoms with Gasteiger partial charge in [-0.2, -0.15) is 0 Å². The van der Waals surface area contributed by atoms with E-state index in [9.17, 15) is 0 Å². The van der Waals surface area contributed by atoms with Crippen LogP contribution in [0.5, 0.6) is 0 Å². The first-order chi connectivity index (χ1) is 6.31. The van der Waals surface area contributed by atoms with Crippen LogP contribution in [-0.2, 0) is 13.5 Å². The average Bonchev–Trinajstić information content (AvgIpc) is 2.49. The number of fused-ring (bicyclic) bond motifs is 1. The number of benzene rings is 1. The van der Waals surface area contributed by atoms with Crippen molar-refractivity contribution in [3.8, 4) is 0 Å². The molecule has 1 aromatic carbocycles. The Bertz CT molecular complexity index is 417. The lowest BCUT2D eigenvalue weighted by Gasteiger charge is -2.00. The Morgan fingerprint density at radius 2 is 2.15 bits per heavy atom. The van der Waals surface area contributed by atoms with Gasteiger partial charge in [-0.3, -0.25) is 0 Å². The molecule has 2 rings (SSSR count). The smallest absolute Gasteiger partial charge is 0.0480 e. The van der Waals surface area contributed by atoms with Crippen molar-refractivity contribution < 1.29 is 0 Å². The van der Waals surface area contributed by atoms with E-state index in [0.29, 0.717) is 0 Å². The fourth-order valence-corrected chi connectivity index (χ4v) is 2.03. The molecule has 68 valence electrons. The van der Waals surface area contributed by atoms with Crippen molar-refractivity contribution in [2.24, 2.45) is 7.05 Å². The van der Waals surface area contributed by atoms with Gasteiger partial charge in [0.15, 0.2) is 0 Å². The molecule has 0 amide bonds. The van der Waals surface area contributed by atoms with E-state index in [1.54, 1.807) is 0 Å². The van der Waals surface area contributed by atoms with Crippen LogP contribution in [0.25, 0.3) is 10.9 Å². The number of alkyl halides is 1. The summed E-state index contributed by atoms with van der Waals surface area (Å²) in [5, 5.41) is 2.35. The van der Waals surface area contributed by atoms with Gasteiger partial charge in [-0.25, -0.2) is 0 Å². The van der Waals surface area contributed by atoms with E-state index in [-0.39, 0.29) is 0 Å². The summed E-state index contributed by atoms with van der Waals surface area (Å²) in [7, 11) is 2.08. The zero-order valence-corrected chi connectivity index (χ0v) is 9.21. The van der Waals surface area contributed by atoms with Crippen LogP contribution in [0.1, 0.15) is 5.56 Å². The zero-order valence-electron chi connectivity index (χ0n) is 7.63. The number of halogens is 1. The highest BCUT2D eigenvalue weighted by atomic mass is 79.9. The van der Waals surface area contributed by atoms with Gasteiger partial charge in [0, 0.05) is 24.1 Å². The zero-order chi connectivity index (χ0) is 9.26. The van der Waals surface area contributed by atoms with E-state index in [1.165, 1.54) is 16.5 Å². The summed E-state index contributed by atoms with van der Waals surface area (Å²) in [6, 6.07) is 8.79. The van der Waals surface area contributed by atoms with Crippen molar-refractivity contribution in [1.82, 2.24) is 4.57 Å². The molecule has 0 aliphatic heterocycles. The number of hydrogen-bond donors (Lipinski definition) is 0. The highest BCUT2D eigenvalue weighted by molar-refractivity contribution is 9.09. The highest BCUT2D eigenvalue weighted by Crippen LogP contribution is 2.17. The second-order valence-electron chi connectivity index (χ2n) is 3.26. The Morgan fingerprint density at radius 1 is 1.31 bits per heavy atom. The molecule has 1 heterocycles. The van der Waals surface area contributed by atoms with Crippen LogP contribution >= 0.6 is 15.9 Å². The molecule has 0 bridgehead atoms. The molecule has 0 fully saturated rings. The fraction of sp³-hybridized carbons (Fsp3) is 0.273. The lowest BCUT2D eigenvalue weighted by molar-refractivity contribution is 0.967. The third-order valence-electron chi connectivity index (χ3n) is 2.34. The van der Waals surface area contributed by atoms with E-state index < -0.39 is 0 Å². The Kier molecular flexibility index (Phi) is 2.40. The minimum Gasteiger partial charge on any atom is -0.351 e. The molecule has 0 N–H and O–H groups in total. The van der Waals surface area contributed by atoms with Crippen molar-refractivity contribution >= 4 is 26.8 Å². The lowest BCUT2D eigenvalue weighted by atomic mass is 10.1. The van der Waals surface area contributed by atoms with Gasteiger partial charge < -0.3 is 4.57 Å². The molecule has 0 aliphatic carbocycles. The van der Waals surface area contributed by atoms with Crippen LogP contribution in [-0.4, -0.2) is 9.90 Å². The Hall–Kier alpha value is -0.760. The maximum absolute atomic E-state index is 3.45. The quantitative estimate of drug-likeness (QED) is 0.708. The van der Waals surface area contributed by atoms with Gasteiger partial charge in [0.05, 0.1) is 0 Å². The van der Waals surface area contributed by atoms with Gasteiger partial charge in [-0.05, 0) is 29.5 Å². The van der Waals surface area contributed by atoms with Crippen LogP contribution in [0, 0.1) is 0 Å². The van der Waals surface area contributed by atoms with Gasteiger partial charge in [0.1, 0.15) is 0 Å². The molecule has 2 heteroatoms. The van der Waals surface area contributed by atoms with Crippen LogP contribution in [0.15, 0.2) is 30.5 Å². The molecule has 1 nitrogen and oxygen atoms in total. The number of aryl methyl sites for hydroxylation is 2. The standard InChI is InChI=1S/C11H12BrN/c1-13-7-5-10-3-2-9(4-6-12)8-11(10)13/h2-3,5,7-8H,4,6H2,1H3. The molecule has 0 unspecified atom stereocenters. The Labute approximate surface area is 86.5 Å². The first-order valence-corrected chi connectivity index (χ1v) is 5.53. The highest BCUT2D eigenvalue weighted by Gasteiger charge is 1.98. The molecule has 1 aromatic heterocycles. The monoisotopic (exact) mass is 237 g/mol. The first-order valence-electron chi connectivity index (χ1n) is 4.41. The second-order valence-corrected chi connectivity index (χ2v) is 4.05. The first kappa shape index (κ1) is 8.82. The van der Waals surface area contributed by atoms with E-state index in [4.69, 9.17) is 0 Å². The molecule has 13 heavy (non-hydrogen) atoms. The lowest BCUT2D eigenvalue weighted by Crippen LogP contribution is -1.88. The molecule has 0 saturated heterocycles. The molecular formula is C11H12BrN. The number of hydrogen-bond acceptors (Lipinski definition) is 0. The van der Waals surface area contributed by atoms with Gasteiger partial charge in [0.2, 0.25) is 0 Å². The number of rotatable bonds is 2. The van der Waals surface area contributed by atoms with Crippen molar-refractivity contribution in [3.05, 3.63) is 36.0 Å². The molecule has 0 radical (unpaired) electrons. The van der Waals surface area contributed by atoms with Gasteiger partial charge in [-0.15, -0.1) is 0 Å². The number of nitrogens with zero attached hydrogens (tertiary/aromatic N) is 1. The Morgan fingerprint density at radius 3 is 2.92 bits per heavy atom.